The van der Waals surface area contributed by atoms with E-state index in [0.717, 1.165) is 50.0 Å². The molecule has 7 rings (SSSR count). The fourth-order valence-electron chi connectivity index (χ4n) is 5.47. The first kappa shape index (κ1) is 24.8. The molecule has 6 heteroatoms. The average molecular weight is 525 g/mol. The van der Waals surface area contributed by atoms with Gasteiger partial charge in [-0.1, -0.05) is 48.5 Å². The third-order valence-corrected chi connectivity index (χ3v) is 7.16. The number of benzene rings is 6. The van der Waals surface area contributed by atoms with E-state index >= 15 is 0 Å². The zero-order chi connectivity index (χ0) is 28.1. The Balaban J connectivity index is 0.000000680. The number of carbonyl (C=O) groups is 1. The topological polar surface area (TPSA) is 106 Å². The minimum atomic E-state index is -0.833. The molecule has 0 aliphatic heterocycles. The van der Waals surface area contributed by atoms with Crippen LogP contribution in [0.1, 0.15) is 6.92 Å². The van der Waals surface area contributed by atoms with E-state index in [-0.39, 0.29) is 21.7 Å². The SMILES string of the molecule is CC(=O)O.O=c1ccc(=O)c2cc3c(cc12)c1ccccc1c1ccccc1c1cc2c(=O)ccc(=O)c2cc13. The molecule has 7 aromatic carbocycles. The lowest BCUT2D eigenvalue weighted by atomic mass is 9.91. The first-order chi connectivity index (χ1) is 19.2. The molecule has 0 amide bonds. The fourth-order valence-corrected chi connectivity index (χ4v) is 5.47. The van der Waals surface area contributed by atoms with Gasteiger partial charge in [-0.05, 0) is 91.6 Å². The Morgan fingerprint density at radius 1 is 0.400 bits per heavy atom. The predicted molar refractivity (Wildman–Crippen MR) is 161 cm³/mol. The molecule has 7 aromatic rings. The smallest absolute Gasteiger partial charge is 0.300 e. The Morgan fingerprint density at radius 3 is 0.850 bits per heavy atom. The molecule has 6 nitrogen and oxygen atoms in total. The number of carboxylic acids is 1. The van der Waals surface area contributed by atoms with Gasteiger partial charge in [0.05, 0.1) is 0 Å². The number of fused-ring (bicyclic) bond motifs is 10. The summed E-state index contributed by atoms with van der Waals surface area (Å²) >= 11 is 0. The van der Waals surface area contributed by atoms with Crippen molar-refractivity contribution in [3.63, 3.8) is 0 Å². The molecule has 0 spiro atoms. The minimum Gasteiger partial charge on any atom is -0.481 e. The molecule has 0 saturated carbocycles. The van der Waals surface area contributed by atoms with Crippen LogP contribution >= 0.6 is 0 Å². The number of carboxylic acid groups (broad SMARTS) is 1. The highest BCUT2D eigenvalue weighted by atomic mass is 16.4. The van der Waals surface area contributed by atoms with Crippen LogP contribution in [-0.2, 0) is 4.79 Å². The molecule has 192 valence electrons. The molecule has 1 N–H and O–H groups in total. The van der Waals surface area contributed by atoms with Crippen LogP contribution in [0, 0.1) is 0 Å². The third-order valence-electron chi connectivity index (χ3n) is 7.16. The van der Waals surface area contributed by atoms with Crippen molar-refractivity contribution in [3.05, 3.63) is 138 Å². The van der Waals surface area contributed by atoms with Crippen LogP contribution in [0.2, 0.25) is 0 Å². The first-order valence-corrected chi connectivity index (χ1v) is 12.5. The van der Waals surface area contributed by atoms with Crippen molar-refractivity contribution >= 4 is 70.6 Å². The van der Waals surface area contributed by atoms with Gasteiger partial charge in [-0.25, -0.2) is 0 Å². The van der Waals surface area contributed by atoms with Gasteiger partial charge < -0.3 is 5.11 Å². The predicted octanol–water partition coefficient (Wildman–Crippen LogP) is 5.58. The lowest BCUT2D eigenvalue weighted by molar-refractivity contribution is -0.134. The van der Waals surface area contributed by atoms with Crippen LogP contribution in [0.4, 0.5) is 0 Å². The van der Waals surface area contributed by atoms with Crippen molar-refractivity contribution in [3.8, 4) is 0 Å². The molecule has 0 bridgehead atoms. The van der Waals surface area contributed by atoms with E-state index in [2.05, 4.69) is 0 Å². The van der Waals surface area contributed by atoms with Crippen LogP contribution in [0.5, 0.6) is 0 Å². The molecule has 0 aliphatic rings. The molecule has 0 unspecified atom stereocenters. The first-order valence-electron chi connectivity index (χ1n) is 12.5. The average Bonchev–Trinajstić information content (AvgIpc) is 2.95. The zero-order valence-corrected chi connectivity index (χ0v) is 21.2. The maximum Gasteiger partial charge on any atom is 0.300 e. The Labute approximate surface area is 225 Å². The summed E-state index contributed by atoms with van der Waals surface area (Å²) in [4.78, 5) is 60.2. The second-order valence-corrected chi connectivity index (χ2v) is 9.62. The highest BCUT2D eigenvalue weighted by Crippen LogP contribution is 2.37. The molecule has 0 heterocycles. The van der Waals surface area contributed by atoms with Crippen LogP contribution in [0.3, 0.4) is 0 Å². The standard InChI is InChI=1S/C32H16O4.C2H4O2/c33-29-9-11-31(35)27-15-23-21(13-25(27)29)19-7-3-1-5-17(19)18-6-2-4-8-20(18)22-14-26-28(16-24(22)23)32(36)12-10-30(26)34;1-2(3)4/h1-16H;1H3,(H,3,4). The maximum absolute atomic E-state index is 12.8. The van der Waals surface area contributed by atoms with Gasteiger partial charge in [-0.15, -0.1) is 0 Å². The van der Waals surface area contributed by atoms with Crippen LogP contribution < -0.4 is 21.7 Å². The highest BCUT2D eigenvalue weighted by molar-refractivity contribution is 6.28. The summed E-state index contributed by atoms with van der Waals surface area (Å²) in [6, 6.07) is 28.2. The summed E-state index contributed by atoms with van der Waals surface area (Å²) in [6.07, 6.45) is 0. The van der Waals surface area contributed by atoms with E-state index in [1.165, 1.54) is 24.3 Å². The van der Waals surface area contributed by atoms with Gasteiger partial charge in [0.15, 0.2) is 21.7 Å². The van der Waals surface area contributed by atoms with Crippen molar-refractivity contribution in [2.75, 3.05) is 0 Å². The summed E-state index contributed by atoms with van der Waals surface area (Å²) in [5.74, 6) is -0.833. The highest BCUT2D eigenvalue weighted by Gasteiger charge is 2.14. The molecular formula is C34H20O6. The van der Waals surface area contributed by atoms with Crippen molar-refractivity contribution in [1.29, 1.82) is 0 Å². The van der Waals surface area contributed by atoms with E-state index in [1.54, 1.807) is 24.3 Å². The van der Waals surface area contributed by atoms with Crippen molar-refractivity contribution in [2.45, 2.75) is 6.92 Å². The number of hydrogen-bond donors (Lipinski definition) is 1. The molecule has 0 fully saturated rings. The fraction of sp³-hybridized carbons (Fsp3) is 0.0294. The second-order valence-electron chi connectivity index (χ2n) is 9.62. The van der Waals surface area contributed by atoms with Gasteiger partial charge in [0, 0.05) is 28.5 Å². The van der Waals surface area contributed by atoms with Gasteiger partial charge in [0.25, 0.3) is 5.97 Å². The lowest BCUT2D eigenvalue weighted by Gasteiger charge is -2.11. The quantitative estimate of drug-likeness (QED) is 0.278. The van der Waals surface area contributed by atoms with Gasteiger partial charge in [0.2, 0.25) is 0 Å². The molecule has 0 aromatic heterocycles. The maximum atomic E-state index is 12.8. The van der Waals surface area contributed by atoms with E-state index in [4.69, 9.17) is 9.90 Å². The minimum absolute atomic E-state index is 0.219. The summed E-state index contributed by atoms with van der Waals surface area (Å²) in [7, 11) is 0. The molecule has 0 saturated heterocycles. The van der Waals surface area contributed by atoms with Crippen molar-refractivity contribution in [2.24, 2.45) is 0 Å². The number of hydrogen-bond acceptors (Lipinski definition) is 5. The molecule has 0 aliphatic carbocycles. The number of aliphatic carboxylic acids is 1. The van der Waals surface area contributed by atoms with E-state index in [9.17, 15) is 19.2 Å². The zero-order valence-electron chi connectivity index (χ0n) is 21.2. The summed E-state index contributed by atoms with van der Waals surface area (Å²) in [5, 5.41) is 15.7. The van der Waals surface area contributed by atoms with Crippen LogP contribution in [0.15, 0.2) is 116 Å². The molecule has 0 atom stereocenters. The normalized spacial score (nSPS) is 11.2. The Kier molecular flexibility index (Phi) is 5.81. The van der Waals surface area contributed by atoms with E-state index in [0.29, 0.717) is 21.5 Å². The van der Waals surface area contributed by atoms with Crippen LogP contribution in [0.25, 0.3) is 64.6 Å². The largest absolute Gasteiger partial charge is 0.481 e. The van der Waals surface area contributed by atoms with E-state index in [1.807, 2.05) is 48.5 Å². The van der Waals surface area contributed by atoms with E-state index < -0.39 is 5.97 Å². The molecular weight excluding hydrogens is 504 g/mol. The van der Waals surface area contributed by atoms with Gasteiger partial charge in [0.1, 0.15) is 0 Å². The summed E-state index contributed by atoms with van der Waals surface area (Å²) in [6.45, 7) is 1.08. The Morgan fingerprint density at radius 2 is 0.600 bits per heavy atom. The van der Waals surface area contributed by atoms with Gasteiger partial charge in [-0.3, -0.25) is 24.0 Å². The lowest BCUT2D eigenvalue weighted by Crippen LogP contribution is -2.09. The second kappa shape index (κ2) is 9.36. The van der Waals surface area contributed by atoms with Gasteiger partial charge in [-0.2, -0.15) is 0 Å². The Hall–Kier alpha value is -5.49. The Bertz CT molecular complexity index is 2280. The number of rotatable bonds is 0. The summed E-state index contributed by atoms with van der Waals surface area (Å²) < 4.78 is 0. The summed E-state index contributed by atoms with van der Waals surface area (Å²) in [5.41, 5.74) is -0.915. The third kappa shape index (κ3) is 3.94. The van der Waals surface area contributed by atoms with Gasteiger partial charge >= 0.3 is 0 Å². The molecule has 0 radical (unpaired) electrons. The van der Waals surface area contributed by atoms with Crippen molar-refractivity contribution in [1.82, 2.24) is 0 Å². The molecule has 40 heavy (non-hydrogen) atoms. The van der Waals surface area contributed by atoms with Crippen molar-refractivity contribution < 1.29 is 9.90 Å². The van der Waals surface area contributed by atoms with Crippen LogP contribution in [-0.4, -0.2) is 11.1 Å². The monoisotopic (exact) mass is 524 g/mol.